The zero-order valence-electron chi connectivity index (χ0n) is 15.4. The molecule has 25 heavy (non-hydrogen) atoms. The maximum Gasteiger partial charge on any atom is 0.308 e. The van der Waals surface area contributed by atoms with Crippen LogP contribution in [-0.4, -0.2) is 36.0 Å². The quantitative estimate of drug-likeness (QED) is 0.669. The van der Waals surface area contributed by atoms with Crippen molar-refractivity contribution in [2.45, 2.75) is 40.5 Å². The number of carbonyl (C=O) groups is 3. The Kier molecular flexibility index (Phi) is 7.61. The van der Waals surface area contributed by atoms with Gasteiger partial charge in [0.25, 0.3) is 0 Å². The highest BCUT2D eigenvalue weighted by Crippen LogP contribution is 2.17. The molecule has 0 saturated carbocycles. The highest BCUT2D eigenvalue weighted by molar-refractivity contribution is 5.85. The van der Waals surface area contributed by atoms with Crippen LogP contribution >= 0.6 is 0 Å². The van der Waals surface area contributed by atoms with Crippen molar-refractivity contribution in [2.75, 3.05) is 13.1 Å². The summed E-state index contributed by atoms with van der Waals surface area (Å²) in [7, 11) is 0. The highest BCUT2D eigenvalue weighted by Gasteiger charge is 2.20. The van der Waals surface area contributed by atoms with Gasteiger partial charge in [-0.1, -0.05) is 50.6 Å². The molecule has 0 heterocycles. The van der Waals surface area contributed by atoms with Crippen molar-refractivity contribution in [3.05, 3.63) is 35.4 Å². The second kappa shape index (κ2) is 9.20. The van der Waals surface area contributed by atoms with Crippen LogP contribution in [0, 0.1) is 18.3 Å². The Hall–Kier alpha value is -2.37. The average molecular weight is 348 g/mol. The first kappa shape index (κ1) is 20.7. The second-order valence-electron chi connectivity index (χ2n) is 7.55. The number of aliphatic carboxylic acids is 1. The molecule has 0 aliphatic carbocycles. The summed E-state index contributed by atoms with van der Waals surface area (Å²) in [5, 5.41) is 14.5. The fraction of sp³-hybridized carbons (Fsp3) is 0.526. The Morgan fingerprint density at radius 2 is 1.80 bits per heavy atom. The molecule has 138 valence electrons. The number of nitrogens with one attached hydrogen (secondary N) is 2. The number of benzene rings is 1. The third-order valence-corrected chi connectivity index (χ3v) is 3.60. The minimum absolute atomic E-state index is 0.0250. The van der Waals surface area contributed by atoms with E-state index in [0.717, 1.165) is 11.1 Å². The van der Waals surface area contributed by atoms with Crippen LogP contribution in [0.3, 0.4) is 0 Å². The van der Waals surface area contributed by atoms with Gasteiger partial charge in [-0.3, -0.25) is 14.4 Å². The number of carbonyl (C=O) groups excluding carboxylic acids is 2. The molecule has 0 aliphatic heterocycles. The lowest BCUT2D eigenvalue weighted by Gasteiger charge is -2.17. The van der Waals surface area contributed by atoms with E-state index in [2.05, 4.69) is 10.6 Å². The molecule has 0 radical (unpaired) electrons. The van der Waals surface area contributed by atoms with Crippen molar-refractivity contribution in [3.63, 3.8) is 0 Å². The number of hydrogen-bond donors (Lipinski definition) is 3. The van der Waals surface area contributed by atoms with Crippen molar-refractivity contribution in [1.82, 2.24) is 10.6 Å². The molecule has 3 N–H and O–H groups in total. The molecular weight excluding hydrogens is 320 g/mol. The van der Waals surface area contributed by atoms with E-state index in [4.69, 9.17) is 0 Å². The Morgan fingerprint density at radius 3 is 2.36 bits per heavy atom. The Bertz CT molecular complexity index is 620. The van der Waals surface area contributed by atoms with Crippen LogP contribution in [0.5, 0.6) is 0 Å². The van der Waals surface area contributed by atoms with E-state index < -0.39 is 17.8 Å². The topological polar surface area (TPSA) is 95.5 Å². The highest BCUT2D eigenvalue weighted by atomic mass is 16.4. The number of carboxylic acid groups (broad SMARTS) is 1. The van der Waals surface area contributed by atoms with Crippen LogP contribution in [0.4, 0.5) is 0 Å². The van der Waals surface area contributed by atoms with Gasteiger partial charge in [0.15, 0.2) is 0 Å². The smallest absolute Gasteiger partial charge is 0.308 e. The summed E-state index contributed by atoms with van der Waals surface area (Å²) < 4.78 is 0. The van der Waals surface area contributed by atoms with Gasteiger partial charge in [-0.2, -0.15) is 0 Å². The summed E-state index contributed by atoms with van der Waals surface area (Å²) in [5.74, 6) is -2.26. The first-order valence-electron chi connectivity index (χ1n) is 8.38. The van der Waals surface area contributed by atoms with Crippen molar-refractivity contribution in [3.8, 4) is 0 Å². The number of rotatable bonds is 8. The predicted octanol–water partition coefficient (Wildman–Crippen LogP) is 1.91. The van der Waals surface area contributed by atoms with Gasteiger partial charge in [0.2, 0.25) is 11.8 Å². The predicted molar refractivity (Wildman–Crippen MR) is 96.1 cm³/mol. The average Bonchev–Trinajstić information content (AvgIpc) is 2.47. The van der Waals surface area contributed by atoms with Gasteiger partial charge in [-0.25, -0.2) is 0 Å². The Morgan fingerprint density at radius 1 is 1.12 bits per heavy atom. The summed E-state index contributed by atoms with van der Waals surface area (Å²) in [6, 6.07) is 7.64. The van der Waals surface area contributed by atoms with Gasteiger partial charge in [-0.15, -0.1) is 0 Å². The lowest BCUT2D eigenvalue weighted by Crippen LogP contribution is -2.41. The van der Waals surface area contributed by atoms with Gasteiger partial charge in [0.05, 0.1) is 12.5 Å². The van der Waals surface area contributed by atoms with Crippen molar-refractivity contribution >= 4 is 17.8 Å². The zero-order chi connectivity index (χ0) is 19.0. The minimum Gasteiger partial charge on any atom is -0.481 e. The molecule has 0 saturated heterocycles. The first-order chi connectivity index (χ1) is 11.6. The van der Waals surface area contributed by atoms with E-state index in [1.165, 1.54) is 0 Å². The van der Waals surface area contributed by atoms with E-state index in [-0.39, 0.29) is 24.4 Å². The van der Waals surface area contributed by atoms with Crippen LogP contribution < -0.4 is 10.6 Å². The molecule has 1 aromatic rings. The van der Waals surface area contributed by atoms with E-state index in [9.17, 15) is 19.5 Å². The minimum atomic E-state index is -0.960. The van der Waals surface area contributed by atoms with Crippen LogP contribution in [0.15, 0.2) is 24.3 Å². The van der Waals surface area contributed by atoms with Gasteiger partial charge < -0.3 is 15.7 Å². The van der Waals surface area contributed by atoms with E-state index in [1.807, 2.05) is 52.0 Å². The lowest BCUT2D eigenvalue weighted by atomic mass is 9.92. The molecule has 0 fully saturated rings. The SMILES string of the molecule is Cc1cccc(CC(CNC(=O)CNC(=O)CC(C)(C)C)C(=O)O)c1. The lowest BCUT2D eigenvalue weighted by molar-refractivity contribution is -0.141. The standard InChI is InChI=1S/C19H28N2O4/c1-13-6-5-7-14(8-13)9-15(18(24)25)11-20-17(23)12-21-16(22)10-19(2,3)4/h5-8,15H,9-12H2,1-4H3,(H,20,23)(H,21,22)(H,24,25). The molecule has 0 spiro atoms. The number of hydrogen-bond acceptors (Lipinski definition) is 3. The normalized spacial score (nSPS) is 12.3. The molecule has 0 aromatic heterocycles. The summed E-state index contributed by atoms with van der Waals surface area (Å²) >= 11 is 0. The molecule has 0 aliphatic rings. The summed E-state index contributed by atoms with van der Waals surface area (Å²) in [6.45, 7) is 7.64. The number of carboxylic acids is 1. The van der Waals surface area contributed by atoms with Crippen LogP contribution in [-0.2, 0) is 20.8 Å². The number of amides is 2. The molecule has 1 rings (SSSR count). The number of aryl methyl sites for hydroxylation is 1. The fourth-order valence-corrected chi connectivity index (χ4v) is 2.39. The molecule has 1 aromatic carbocycles. The van der Waals surface area contributed by atoms with Gasteiger partial charge in [0.1, 0.15) is 0 Å². The molecule has 1 unspecified atom stereocenters. The first-order valence-corrected chi connectivity index (χ1v) is 8.38. The second-order valence-corrected chi connectivity index (χ2v) is 7.55. The molecule has 1 atom stereocenters. The maximum absolute atomic E-state index is 11.8. The van der Waals surface area contributed by atoms with Crippen molar-refractivity contribution in [1.29, 1.82) is 0 Å². The Labute approximate surface area is 149 Å². The molecule has 0 bridgehead atoms. The van der Waals surface area contributed by atoms with E-state index >= 15 is 0 Å². The van der Waals surface area contributed by atoms with Crippen LogP contribution in [0.25, 0.3) is 0 Å². The largest absolute Gasteiger partial charge is 0.481 e. The monoisotopic (exact) mass is 348 g/mol. The van der Waals surface area contributed by atoms with E-state index in [1.54, 1.807) is 0 Å². The summed E-state index contributed by atoms with van der Waals surface area (Å²) in [4.78, 5) is 34.9. The van der Waals surface area contributed by atoms with Crippen molar-refractivity contribution in [2.24, 2.45) is 11.3 Å². The molecule has 2 amide bonds. The molecule has 6 heteroatoms. The zero-order valence-corrected chi connectivity index (χ0v) is 15.4. The van der Waals surface area contributed by atoms with Crippen LogP contribution in [0.2, 0.25) is 0 Å². The molecule has 6 nitrogen and oxygen atoms in total. The van der Waals surface area contributed by atoms with Gasteiger partial charge >= 0.3 is 5.97 Å². The van der Waals surface area contributed by atoms with Crippen LogP contribution in [0.1, 0.15) is 38.3 Å². The third kappa shape index (κ3) is 8.88. The van der Waals surface area contributed by atoms with Gasteiger partial charge in [-0.05, 0) is 24.3 Å². The van der Waals surface area contributed by atoms with Gasteiger partial charge in [0, 0.05) is 13.0 Å². The summed E-state index contributed by atoms with van der Waals surface area (Å²) in [5.41, 5.74) is 1.83. The van der Waals surface area contributed by atoms with E-state index in [0.29, 0.717) is 12.8 Å². The Balaban J connectivity index is 2.45. The molecular formula is C19H28N2O4. The third-order valence-electron chi connectivity index (χ3n) is 3.60. The fourth-order valence-electron chi connectivity index (χ4n) is 2.39. The van der Waals surface area contributed by atoms with Crippen molar-refractivity contribution < 1.29 is 19.5 Å². The summed E-state index contributed by atoms with van der Waals surface area (Å²) in [6.07, 6.45) is 0.666. The maximum atomic E-state index is 11.8.